The van der Waals surface area contributed by atoms with Gasteiger partial charge in [0.25, 0.3) is 5.56 Å². The number of benzene rings is 2. The van der Waals surface area contributed by atoms with Crippen LogP contribution >= 0.6 is 11.6 Å². The van der Waals surface area contributed by atoms with Crippen LogP contribution in [0.3, 0.4) is 0 Å². The third-order valence-corrected chi connectivity index (χ3v) is 8.81. The van der Waals surface area contributed by atoms with Crippen LogP contribution in [0, 0.1) is 0 Å². The fourth-order valence-corrected chi connectivity index (χ4v) is 6.39. The summed E-state index contributed by atoms with van der Waals surface area (Å²) in [6.07, 6.45) is 8.06. The first-order chi connectivity index (χ1) is 19.5. The number of hydrogen-bond donors (Lipinski definition) is 1. The summed E-state index contributed by atoms with van der Waals surface area (Å²) in [5.41, 5.74) is 5.26. The van der Waals surface area contributed by atoms with Crippen LogP contribution in [0.15, 0.2) is 59.5 Å². The number of fused-ring (bicyclic) bond motifs is 1. The summed E-state index contributed by atoms with van der Waals surface area (Å²) in [4.78, 5) is 27.7. The largest absolute Gasteiger partial charge is 0.369 e. The first kappa shape index (κ1) is 26.8. The molecule has 1 saturated heterocycles. The van der Waals surface area contributed by atoms with Gasteiger partial charge in [-0.1, -0.05) is 43.0 Å². The second-order valence-corrected chi connectivity index (χ2v) is 11.5. The monoisotopic (exact) mass is 556 g/mol. The lowest BCUT2D eigenvalue weighted by molar-refractivity contribution is 0.313. The molecule has 2 aromatic carbocycles. The van der Waals surface area contributed by atoms with Crippen LogP contribution in [-0.4, -0.2) is 52.7 Å². The second-order valence-electron chi connectivity index (χ2n) is 11.1. The summed E-state index contributed by atoms with van der Waals surface area (Å²) in [7, 11) is 2.16. The van der Waals surface area contributed by atoms with Crippen LogP contribution in [0.25, 0.3) is 22.2 Å². The van der Waals surface area contributed by atoms with Gasteiger partial charge in [-0.2, -0.15) is 4.98 Å². The van der Waals surface area contributed by atoms with E-state index in [9.17, 15) is 4.79 Å². The number of anilines is 3. The molecule has 7 nitrogen and oxygen atoms in total. The molecule has 0 amide bonds. The summed E-state index contributed by atoms with van der Waals surface area (Å²) in [5.74, 6) is 1.02. The van der Waals surface area contributed by atoms with Gasteiger partial charge in [-0.05, 0) is 74.7 Å². The van der Waals surface area contributed by atoms with Gasteiger partial charge >= 0.3 is 0 Å². The molecule has 0 unspecified atom stereocenters. The van der Waals surface area contributed by atoms with Gasteiger partial charge < -0.3 is 15.1 Å². The molecule has 6 rings (SSSR count). The van der Waals surface area contributed by atoms with E-state index >= 15 is 0 Å². The van der Waals surface area contributed by atoms with Crippen molar-refractivity contribution >= 4 is 40.0 Å². The average molecular weight is 557 g/mol. The number of rotatable bonds is 6. The molecule has 1 aliphatic carbocycles. The number of aryl methyl sites for hydroxylation is 1. The molecular formula is C32H37ClN6O. The summed E-state index contributed by atoms with van der Waals surface area (Å²) in [5, 5.41) is 4.74. The van der Waals surface area contributed by atoms with E-state index in [-0.39, 0.29) is 5.56 Å². The van der Waals surface area contributed by atoms with Crippen molar-refractivity contribution in [2.45, 2.75) is 51.5 Å². The maximum atomic E-state index is 13.6. The molecule has 40 heavy (non-hydrogen) atoms. The lowest BCUT2D eigenvalue weighted by Crippen LogP contribution is -2.44. The van der Waals surface area contributed by atoms with Gasteiger partial charge in [-0.25, -0.2) is 4.98 Å². The minimum Gasteiger partial charge on any atom is -0.369 e. The Labute approximate surface area is 240 Å². The topological polar surface area (TPSA) is 66.3 Å². The Morgan fingerprint density at radius 2 is 1.70 bits per heavy atom. The van der Waals surface area contributed by atoms with Crippen molar-refractivity contribution in [2.75, 3.05) is 43.4 Å². The Bertz CT molecular complexity index is 1550. The molecule has 2 aliphatic rings. The van der Waals surface area contributed by atoms with E-state index in [2.05, 4.69) is 63.5 Å². The fraction of sp³-hybridized carbons (Fsp3) is 0.406. The third kappa shape index (κ3) is 5.45. The van der Waals surface area contributed by atoms with E-state index < -0.39 is 0 Å². The first-order valence-electron chi connectivity index (χ1n) is 14.5. The lowest BCUT2D eigenvalue weighted by atomic mass is 9.83. The van der Waals surface area contributed by atoms with Gasteiger partial charge in [-0.15, -0.1) is 0 Å². The van der Waals surface area contributed by atoms with Crippen molar-refractivity contribution in [3.8, 4) is 11.1 Å². The summed E-state index contributed by atoms with van der Waals surface area (Å²) >= 11 is 6.79. The quantitative estimate of drug-likeness (QED) is 0.286. The van der Waals surface area contributed by atoms with Crippen molar-refractivity contribution < 1.29 is 0 Å². The maximum Gasteiger partial charge on any atom is 0.260 e. The van der Waals surface area contributed by atoms with Crippen molar-refractivity contribution in [1.82, 2.24) is 19.4 Å². The molecular weight excluding hydrogens is 520 g/mol. The lowest BCUT2D eigenvalue weighted by Gasteiger charge is -2.34. The Hall–Kier alpha value is -3.42. The van der Waals surface area contributed by atoms with Crippen molar-refractivity contribution in [1.29, 1.82) is 0 Å². The number of hydrogen-bond acceptors (Lipinski definition) is 6. The number of nitrogens with zero attached hydrogens (tertiary/aromatic N) is 5. The van der Waals surface area contributed by atoms with E-state index in [1.54, 1.807) is 10.8 Å². The van der Waals surface area contributed by atoms with E-state index in [1.165, 1.54) is 43.4 Å². The average Bonchev–Trinajstić information content (AvgIpc) is 2.98. The molecule has 0 spiro atoms. The highest BCUT2D eigenvalue weighted by atomic mass is 35.5. The predicted molar refractivity (Wildman–Crippen MR) is 165 cm³/mol. The molecule has 4 aromatic rings. The van der Waals surface area contributed by atoms with Gasteiger partial charge in [0.1, 0.15) is 5.65 Å². The number of piperazine rings is 1. The van der Waals surface area contributed by atoms with E-state index in [0.717, 1.165) is 42.8 Å². The summed E-state index contributed by atoms with van der Waals surface area (Å²) in [6.45, 7) is 6.67. The predicted octanol–water partition coefficient (Wildman–Crippen LogP) is 6.67. The van der Waals surface area contributed by atoms with Crippen LogP contribution < -0.4 is 15.8 Å². The summed E-state index contributed by atoms with van der Waals surface area (Å²) in [6, 6.07) is 16.5. The first-order valence-corrected chi connectivity index (χ1v) is 14.9. The van der Waals surface area contributed by atoms with Gasteiger partial charge in [0.15, 0.2) is 0 Å². The standard InChI is InChI=1S/C32H37ClN6O/c1-3-39-30-24(19-28(31(39)40)27-14-9-23(20-29(27)33)22-7-5-4-6-8-22)21-34-32(36-30)35-25-10-12-26(13-11-25)38-17-15-37(2)16-18-38/h9-14,19-22H,3-8,15-18H2,1-2H3,(H,34,35,36). The summed E-state index contributed by atoms with van der Waals surface area (Å²) < 4.78 is 1.71. The number of nitrogens with one attached hydrogen (secondary N) is 1. The highest BCUT2D eigenvalue weighted by Gasteiger charge is 2.19. The SMILES string of the molecule is CCn1c(=O)c(-c2ccc(C3CCCCC3)cc2Cl)cc2cnc(Nc3ccc(N4CCN(C)CC4)cc3)nc21. The molecule has 208 valence electrons. The van der Waals surface area contributed by atoms with Crippen LogP contribution in [0.2, 0.25) is 5.02 Å². The fourth-order valence-electron chi connectivity index (χ4n) is 6.09. The Balaban J connectivity index is 1.26. The third-order valence-electron chi connectivity index (χ3n) is 8.49. The molecule has 2 aromatic heterocycles. The number of aromatic nitrogens is 3. The van der Waals surface area contributed by atoms with Gasteiger partial charge in [0.05, 0.1) is 0 Å². The Morgan fingerprint density at radius 1 is 0.950 bits per heavy atom. The minimum atomic E-state index is -0.0940. The van der Waals surface area contributed by atoms with Crippen LogP contribution in [-0.2, 0) is 6.54 Å². The molecule has 0 bridgehead atoms. The smallest absolute Gasteiger partial charge is 0.260 e. The molecule has 0 radical (unpaired) electrons. The number of likely N-dealkylation sites (N-methyl/N-ethyl adjacent to an activating group) is 1. The minimum absolute atomic E-state index is 0.0940. The molecule has 3 heterocycles. The van der Waals surface area contributed by atoms with Gasteiger partial charge in [0.2, 0.25) is 5.95 Å². The van der Waals surface area contributed by atoms with E-state index in [0.29, 0.717) is 34.6 Å². The Kier molecular flexibility index (Phi) is 7.76. The molecule has 0 atom stereocenters. The highest BCUT2D eigenvalue weighted by molar-refractivity contribution is 6.33. The number of halogens is 1. The normalized spacial score (nSPS) is 16.9. The van der Waals surface area contributed by atoms with E-state index in [4.69, 9.17) is 16.6 Å². The van der Waals surface area contributed by atoms with Crippen molar-refractivity contribution in [2.24, 2.45) is 0 Å². The zero-order valence-corrected chi connectivity index (χ0v) is 24.1. The van der Waals surface area contributed by atoms with E-state index in [1.807, 2.05) is 19.1 Å². The second kappa shape index (κ2) is 11.6. The molecule has 1 saturated carbocycles. The highest BCUT2D eigenvalue weighted by Crippen LogP contribution is 2.36. The van der Waals surface area contributed by atoms with Gasteiger partial charge in [0, 0.05) is 71.8 Å². The maximum absolute atomic E-state index is 13.6. The Morgan fingerprint density at radius 3 is 2.40 bits per heavy atom. The van der Waals surface area contributed by atoms with Crippen molar-refractivity contribution in [3.05, 3.63) is 75.7 Å². The molecule has 1 N–H and O–H groups in total. The van der Waals surface area contributed by atoms with Crippen LogP contribution in [0.5, 0.6) is 0 Å². The number of pyridine rings is 1. The van der Waals surface area contributed by atoms with Crippen LogP contribution in [0.1, 0.15) is 50.5 Å². The zero-order valence-electron chi connectivity index (χ0n) is 23.4. The molecule has 1 aliphatic heterocycles. The van der Waals surface area contributed by atoms with Crippen molar-refractivity contribution in [3.63, 3.8) is 0 Å². The molecule has 8 heteroatoms. The molecule has 2 fully saturated rings. The van der Waals surface area contributed by atoms with Crippen LogP contribution in [0.4, 0.5) is 17.3 Å². The zero-order chi connectivity index (χ0) is 27.6. The van der Waals surface area contributed by atoms with Gasteiger partial charge in [-0.3, -0.25) is 9.36 Å².